The average molecular weight is 202 g/mol. The molecule has 0 aliphatic carbocycles. The van der Waals surface area contributed by atoms with Gasteiger partial charge in [-0.3, -0.25) is 4.79 Å². The lowest BCUT2D eigenvalue weighted by molar-refractivity contribution is -0.339. The van der Waals surface area contributed by atoms with Crippen LogP contribution in [-0.4, -0.2) is 39.3 Å². The fraction of sp³-hybridized carbons (Fsp3) is 0.833. The number of carbonyl (C=O) groups is 1. The molecular formula is C6H9F3O4. The minimum atomic E-state index is -5.07. The van der Waals surface area contributed by atoms with Gasteiger partial charge in [0.05, 0.1) is 0 Å². The average Bonchev–Trinajstić information content (AvgIpc) is 2.07. The predicted octanol–water partition coefficient (Wildman–Crippen LogP) is 0.711. The van der Waals surface area contributed by atoms with Crippen LogP contribution in [-0.2, 0) is 19.0 Å². The molecule has 0 aromatic carbocycles. The summed E-state index contributed by atoms with van der Waals surface area (Å²) in [6, 6.07) is 0. The molecule has 0 N–H and O–H groups in total. The molecule has 0 aromatic heterocycles. The molecule has 0 aliphatic rings. The van der Waals surface area contributed by atoms with E-state index in [1.807, 2.05) is 0 Å². The van der Waals surface area contributed by atoms with Crippen LogP contribution in [0.5, 0.6) is 0 Å². The molecule has 0 aliphatic heterocycles. The van der Waals surface area contributed by atoms with Crippen LogP contribution in [0.4, 0.5) is 13.2 Å². The van der Waals surface area contributed by atoms with Crippen molar-refractivity contribution in [3.05, 3.63) is 0 Å². The predicted molar refractivity (Wildman–Crippen MR) is 34.8 cm³/mol. The zero-order valence-corrected chi connectivity index (χ0v) is 7.27. The third kappa shape index (κ3) is 2.39. The normalized spacial score (nSPS) is 13.1. The summed E-state index contributed by atoms with van der Waals surface area (Å²) in [5, 5.41) is 0. The van der Waals surface area contributed by atoms with Crippen LogP contribution in [0.15, 0.2) is 0 Å². The Hall–Kier alpha value is -0.660. The zero-order valence-electron chi connectivity index (χ0n) is 7.27. The van der Waals surface area contributed by atoms with E-state index in [0.29, 0.717) is 0 Å². The largest absolute Gasteiger partial charge is 0.458 e. The van der Waals surface area contributed by atoms with E-state index in [0.717, 1.165) is 21.3 Å². The fourth-order valence-corrected chi connectivity index (χ4v) is 0.702. The summed E-state index contributed by atoms with van der Waals surface area (Å²) in [6.07, 6.45) is -5.07. The standard InChI is InChI=1S/C6H9F3O4/c1-11-6(12-2,13-3)4(10)5(7,8)9/h1-3H3. The number of hydrogen-bond donors (Lipinski definition) is 0. The molecule has 0 bridgehead atoms. The maximum atomic E-state index is 11.9. The molecular weight excluding hydrogens is 193 g/mol. The number of methoxy groups -OCH3 is 3. The highest BCUT2D eigenvalue weighted by Gasteiger charge is 2.55. The SMILES string of the molecule is COC(OC)(OC)C(=O)C(F)(F)F. The van der Waals surface area contributed by atoms with Crippen molar-refractivity contribution in [2.45, 2.75) is 12.1 Å². The van der Waals surface area contributed by atoms with Gasteiger partial charge in [-0.2, -0.15) is 13.2 Å². The molecule has 0 atom stereocenters. The van der Waals surface area contributed by atoms with Gasteiger partial charge in [0.2, 0.25) is 0 Å². The molecule has 0 radical (unpaired) electrons. The van der Waals surface area contributed by atoms with Gasteiger partial charge < -0.3 is 14.2 Å². The Morgan fingerprint density at radius 2 is 1.31 bits per heavy atom. The zero-order chi connectivity index (χ0) is 10.7. The first-order chi connectivity index (χ1) is 5.84. The molecule has 4 nitrogen and oxygen atoms in total. The number of halogens is 3. The van der Waals surface area contributed by atoms with Gasteiger partial charge in [-0.05, 0) is 0 Å². The molecule has 7 heteroatoms. The van der Waals surface area contributed by atoms with Gasteiger partial charge >= 0.3 is 17.9 Å². The monoisotopic (exact) mass is 202 g/mol. The molecule has 0 unspecified atom stereocenters. The van der Waals surface area contributed by atoms with Crippen molar-refractivity contribution in [2.75, 3.05) is 21.3 Å². The van der Waals surface area contributed by atoms with E-state index in [4.69, 9.17) is 0 Å². The second-order valence-corrected chi connectivity index (χ2v) is 2.00. The van der Waals surface area contributed by atoms with Gasteiger partial charge in [-0.1, -0.05) is 0 Å². The maximum Gasteiger partial charge on any atom is 0.458 e. The smallest absolute Gasteiger partial charge is 0.324 e. The molecule has 0 heterocycles. The van der Waals surface area contributed by atoms with E-state index in [9.17, 15) is 18.0 Å². The van der Waals surface area contributed by atoms with E-state index >= 15 is 0 Å². The van der Waals surface area contributed by atoms with Crippen LogP contribution < -0.4 is 0 Å². The summed E-state index contributed by atoms with van der Waals surface area (Å²) in [7, 11) is 2.62. The molecule has 78 valence electrons. The summed E-state index contributed by atoms with van der Waals surface area (Å²) in [4.78, 5) is 10.7. The molecule has 0 amide bonds. The van der Waals surface area contributed by atoms with E-state index in [2.05, 4.69) is 14.2 Å². The van der Waals surface area contributed by atoms with Gasteiger partial charge in [0, 0.05) is 21.3 Å². The van der Waals surface area contributed by atoms with E-state index in [1.165, 1.54) is 0 Å². The lowest BCUT2D eigenvalue weighted by atomic mass is 10.3. The van der Waals surface area contributed by atoms with Gasteiger partial charge in [0.25, 0.3) is 0 Å². The summed E-state index contributed by atoms with van der Waals surface area (Å²) in [6.45, 7) is 0. The Balaban J connectivity index is 4.85. The molecule has 0 aromatic rings. The number of ketones is 1. The van der Waals surface area contributed by atoms with Crippen molar-refractivity contribution in [2.24, 2.45) is 0 Å². The highest BCUT2D eigenvalue weighted by Crippen LogP contribution is 2.26. The van der Waals surface area contributed by atoms with Gasteiger partial charge in [-0.25, -0.2) is 0 Å². The molecule has 0 saturated carbocycles. The second-order valence-electron chi connectivity index (χ2n) is 2.00. The van der Waals surface area contributed by atoms with Crippen LogP contribution in [0.1, 0.15) is 0 Å². The topological polar surface area (TPSA) is 44.8 Å². The van der Waals surface area contributed by atoms with Crippen LogP contribution in [0, 0.1) is 0 Å². The molecule has 0 spiro atoms. The molecule has 13 heavy (non-hydrogen) atoms. The van der Waals surface area contributed by atoms with Crippen molar-refractivity contribution >= 4 is 5.78 Å². The second kappa shape index (κ2) is 4.03. The summed E-state index contributed by atoms with van der Waals surface area (Å²) >= 11 is 0. The number of hydrogen-bond acceptors (Lipinski definition) is 4. The Morgan fingerprint density at radius 1 is 1.00 bits per heavy atom. The van der Waals surface area contributed by atoms with E-state index in [-0.39, 0.29) is 0 Å². The van der Waals surface area contributed by atoms with Gasteiger partial charge in [-0.15, -0.1) is 0 Å². The molecule has 0 fully saturated rings. The van der Waals surface area contributed by atoms with Crippen molar-refractivity contribution in [3.63, 3.8) is 0 Å². The summed E-state index contributed by atoms with van der Waals surface area (Å²) < 4.78 is 48.4. The van der Waals surface area contributed by atoms with Crippen LogP contribution in [0.3, 0.4) is 0 Å². The number of carbonyl (C=O) groups excluding carboxylic acids is 1. The van der Waals surface area contributed by atoms with Crippen molar-refractivity contribution in [1.82, 2.24) is 0 Å². The molecule has 0 saturated heterocycles. The van der Waals surface area contributed by atoms with Gasteiger partial charge in [0.1, 0.15) is 0 Å². The van der Waals surface area contributed by atoms with Crippen molar-refractivity contribution < 1.29 is 32.2 Å². The van der Waals surface area contributed by atoms with Crippen molar-refractivity contribution in [3.8, 4) is 0 Å². The lowest BCUT2D eigenvalue weighted by Crippen LogP contribution is -2.51. The van der Waals surface area contributed by atoms with E-state index in [1.54, 1.807) is 0 Å². The van der Waals surface area contributed by atoms with E-state index < -0.39 is 17.9 Å². The Kier molecular flexibility index (Phi) is 3.83. The maximum absolute atomic E-state index is 11.9. The minimum absolute atomic E-state index is 0.872. The number of alkyl halides is 3. The summed E-state index contributed by atoms with van der Waals surface area (Å²) in [5.41, 5.74) is 0. The van der Waals surface area contributed by atoms with Crippen LogP contribution in [0.2, 0.25) is 0 Å². The third-order valence-corrected chi connectivity index (χ3v) is 1.34. The fourth-order valence-electron chi connectivity index (χ4n) is 0.702. The third-order valence-electron chi connectivity index (χ3n) is 1.34. The summed E-state index contributed by atoms with van der Waals surface area (Å²) in [5.74, 6) is -4.94. The first kappa shape index (κ1) is 12.3. The first-order valence-electron chi connectivity index (χ1n) is 3.11. The highest BCUT2D eigenvalue weighted by molar-refractivity contribution is 5.89. The quantitative estimate of drug-likeness (QED) is 0.630. The minimum Gasteiger partial charge on any atom is -0.324 e. The molecule has 0 rings (SSSR count). The number of Topliss-reactive ketones (excluding diaryl/α,β-unsaturated/α-hetero) is 1. The van der Waals surface area contributed by atoms with Gasteiger partial charge in [0.15, 0.2) is 0 Å². The van der Waals surface area contributed by atoms with Crippen molar-refractivity contribution in [1.29, 1.82) is 0 Å². The Morgan fingerprint density at radius 3 is 1.38 bits per heavy atom. The van der Waals surface area contributed by atoms with Crippen LogP contribution in [0.25, 0.3) is 0 Å². The first-order valence-corrected chi connectivity index (χ1v) is 3.11. The number of rotatable bonds is 4. The Labute approximate surface area is 72.6 Å². The highest BCUT2D eigenvalue weighted by atomic mass is 19.4. The Bertz CT molecular complexity index is 177. The lowest BCUT2D eigenvalue weighted by Gasteiger charge is -2.27. The number of ether oxygens (including phenoxy) is 3. The van der Waals surface area contributed by atoms with Crippen LogP contribution >= 0.6 is 0 Å².